The second kappa shape index (κ2) is 7.54. The molecule has 3 saturated heterocycles. The number of carbonyl (C=O) groups is 1. The molecule has 5 fully saturated rings. The fourth-order valence-electron chi connectivity index (χ4n) is 7.75. The summed E-state index contributed by atoms with van der Waals surface area (Å²) in [6.45, 7) is 5.79. The molecule has 0 aromatic heterocycles. The molecule has 5 aliphatic rings. The minimum Gasteiger partial charge on any atom is -0.462 e. The van der Waals surface area contributed by atoms with E-state index in [-0.39, 0.29) is 29.0 Å². The largest absolute Gasteiger partial charge is 0.462 e. The van der Waals surface area contributed by atoms with Crippen LogP contribution in [0.25, 0.3) is 0 Å². The molecule has 1 aromatic rings. The van der Waals surface area contributed by atoms with Gasteiger partial charge in [-0.3, -0.25) is 4.79 Å². The van der Waals surface area contributed by atoms with E-state index in [0.29, 0.717) is 18.3 Å². The van der Waals surface area contributed by atoms with Gasteiger partial charge in [0.2, 0.25) is 0 Å². The third-order valence-corrected chi connectivity index (χ3v) is 9.70. The summed E-state index contributed by atoms with van der Waals surface area (Å²) >= 11 is 0. The van der Waals surface area contributed by atoms with Crippen molar-refractivity contribution in [2.75, 3.05) is 26.2 Å². The van der Waals surface area contributed by atoms with Crippen LogP contribution in [0.5, 0.6) is 0 Å². The standard InChI is InChI=1S/C27H37NO4/c1-25-8-5-9-27(18-31-27)23(25)14-20-21(24(29)32-22(20)16-25)17-28-12-10-26(30,11-13-28)15-19-6-3-2-4-7-19/h2-4,6-7,20-23,30H,5,8-18H2,1H3/t20-,21+,22+,23-,25+,27+/m0/s1. The smallest absolute Gasteiger partial charge is 0.310 e. The molecule has 32 heavy (non-hydrogen) atoms. The Bertz CT molecular complexity index is 860. The Labute approximate surface area is 191 Å². The molecule has 5 nitrogen and oxygen atoms in total. The van der Waals surface area contributed by atoms with Gasteiger partial charge >= 0.3 is 5.97 Å². The van der Waals surface area contributed by atoms with E-state index >= 15 is 0 Å². The highest BCUT2D eigenvalue weighted by atomic mass is 16.6. The van der Waals surface area contributed by atoms with Crippen molar-refractivity contribution in [2.24, 2.45) is 23.2 Å². The topological polar surface area (TPSA) is 62.3 Å². The average Bonchev–Trinajstić information content (AvgIpc) is 3.47. The van der Waals surface area contributed by atoms with Gasteiger partial charge in [-0.1, -0.05) is 37.3 Å². The van der Waals surface area contributed by atoms with Crippen LogP contribution in [0.1, 0.15) is 57.4 Å². The van der Waals surface area contributed by atoms with Crippen molar-refractivity contribution in [1.29, 1.82) is 0 Å². The van der Waals surface area contributed by atoms with Crippen LogP contribution in [0, 0.1) is 23.2 Å². The van der Waals surface area contributed by atoms with Gasteiger partial charge in [-0.15, -0.1) is 0 Å². The number of rotatable bonds is 4. The van der Waals surface area contributed by atoms with Gasteiger partial charge in [0.15, 0.2) is 0 Å². The first-order valence-electron chi connectivity index (χ1n) is 12.7. The van der Waals surface area contributed by atoms with Crippen molar-refractivity contribution in [3.8, 4) is 0 Å². The summed E-state index contributed by atoms with van der Waals surface area (Å²) in [6, 6.07) is 10.3. The van der Waals surface area contributed by atoms with E-state index in [2.05, 4.69) is 24.0 Å². The van der Waals surface area contributed by atoms with Crippen LogP contribution in [-0.4, -0.2) is 59.5 Å². The van der Waals surface area contributed by atoms with Crippen LogP contribution in [0.2, 0.25) is 0 Å². The molecule has 0 amide bonds. The molecule has 5 heteroatoms. The number of hydrogen-bond acceptors (Lipinski definition) is 5. The van der Waals surface area contributed by atoms with Crippen LogP contribution < -0.4 is 0 Å². The summed E-state index contributed by atoms with van der Waals surface area (Å²) in [5, 5.41) is 11.1. The molecular formula is C27H37NO4. The first kappa shape index (κ1) is 21.1. The number of epoxide rings is 1. The molecule has 1 N–H and O–H groups in total. The minimum atomic E-state index is -0.638. The summed E-state index contributed by atoms with van der Waals surface area (Å²) in [7, 11) is 0. The second-order valence-corrected chi connectivity index (χ2v) is 11.8. The monoisotopic (exact) mass is 439 g/mol. The van der Waals surface area contributed by atoms with E-state index < -0.39 is 5.60 Å². The minimum absolute atomic E-state index is 0.0122. The molecule has 0 radical (unpaired) electrons. The van der Waals surface area contributed by atoms with Crippen molar-refractivity contribution in [2.45, 2.75) is 75.6 Å². The number of likely N-dealkylation sites (tertiary alicyclic amines) is 1. The number of ether oxygens (including phenoxy) is 2. The summed E-state index contributed by atoms with van der Waals surface area (Å²) < 4.78 is 12.0. The third kappa shape index (κ3) is 3.61. The lowest BCUT2D eigenvalue weighted by Gasteiger charge is -2.51. The fourth-order valence-corrected chi connectivity index (χ4v) is 7.75. The van der Waals surface area contributed by atoms with Gasteiger partial charge in [-0.2, -0.15) is 0 Å². The Hall–Kier alpha value is -1.43. The van der Waals surface area contributed by atoms with Gasteiger partial charge in [0.25, 0.3) is 0 Å². The van der Waals surface area contributed by atoms with Gasteiger partial charge in [0.05, 0.1) is 23.7 Å². The molecule has 3 heterocycles. The van der Waals surface area contributed by atoms with E-state index in [1.807, 2.05) is 18.2 Å². The Morgan fingerprint density at radius 2 is 1.88 bits per heavy atom. The molecule has 3 aliphatic heterocycles. The number of benzene rings is 1. The van der Waals surface area contributed by atoms with Crippen molar-refractivity contribution in [3.63, 3.8) is 0 Å². The number of nitrogens with zero attached hydrogens (tertiary/aromatic N) is 1. The van der Waals surface area contributed by atoms with Gasteiger partial charge in [-0.25, -0.2) is 0 Å². The van der Waals surface area contributed by atoms with Gasteiger partial charge in [-0.05, 0) is 61.8 Å². The number of hydrogen-bond donors (Lipinski definition) is 1. The Balaban J connectivity index is 1.10. The van der Waals surface area contributed by atoms with Gasteiger partial charge in [0, 0.05) is 32.0 Å². The van der Waals surface area contributed by atoms with Crippen LogP contribution in [-0.2, 0) is 20.7 Å². The first-order valence-corrected chi connectivity index (χ1v) is 12.7. The van der Waals surface area contributed by atoms with Crippen molar-refractivity contribution in [3.05, 3.63) is 35.9 Å². The van der Waals surface area contributed by atoms with E-state index in [0.717, 1.165) is 51.9 Å². The fraction of sp³-hybridized carbons (Fsp3) is 0.741. The van der Waals surface area contributed by atoms with Crippen LogP contribution >= 0.6 is 0 Å². The summed E-state index contributed by atoms with van der Waals surface area (Å²) in [5.41, 5.74) is 0.915. The molecule has 174 valence electrons. The average molecular weight is 440 g/mol. The Kier molecular flexibility index (Phi) is 4.98. The normalized spacial score (nSPS) is 42.9. The summed E-state index contributed by atoms with van der Waals surface area (Å²) in [6.07, 6.45) is 8.06. The van der Waals surface area contributed by atoms with Crippen LogP contribution in [0.15, 0.2) is 30.3 Å². The maximum atomic E-state index is 12.9. The number of esters is 1. The zero-order valence-electron chi connectivity index (χ0n) is 19.3. The van der Waals surface area contributed by atoms with E-state index in [1.165, 1.54) is 24.8 Å². The Morgan fingerprint density at radius 3 is 2.59 bits per heavy atom. The van der Waals surface area contributed by atoms with Gasteiger partial charge in [0.1, 0.15) is 6.10 Å². The Morgan fingerprint density at radius 1 is 1.12 bits per heavy atom. The molecule has 0 unspecified atom stereocenters. The van der Waals surface area contributed by atoms with E-state index in [4.69, 9.17) is 9.47 Å². The van der Waals surface area contributed by atoms with E-state index in [9.17, 15) is 9.90 Å². The molecule has 2 aliphatic carbocycles. The summed E-state index contributed by atoms with van der Waals surface area (Å²) in [4.78, 5) is 15.3. The number of fused-ring (bicyclic) bond motifs is 3. The zero-order chi connectivity index (χ0) is 22.0. The van der Waals surface area contributed by atoms with Crippen LogP contribution in [0.3, 0.4) is 0 Å². The van der Waals surface area contributed by atoms with Crippen molar-refractivity contribution < 1.29 is 19.4 Å². The molecule has 6 atom stereocenters. The molecular weight excluding hydrogens is 402 g/mol. The lowest BCUT2D eigenvalue weighted by molar-refractivity contribution is -0.147. The zero-order valence-corrected chi connectivity index (χ0v) is 19.3. The van der Waals surface area contributed by atoms with Crippen molar-refractivity contribution in [1.82, 2.24) is 4.90 Å². The van der Waals surface area contributed by atoms with Crippen molar-refractivity contribution >= 4 is 5.97 Å². The predicted octanol–water partition coefficient (Wildman–Crippen LogP) is 3.58. The molecule has 6 rings (SSSR count). The number of carbonyl (C=O) groups excluding carboxylic acids is 1. The number of piperidine rings is 1. The highest BCUT2D eigenvalue weighted by molar-refractivity contribution is 5.75. The summed E-state index contributed by atoms with van der Waals surface area (Å²) in [5.74, 6) is 0.880. The predicted molar refractivity (Wildman–Crippen MR) is 121 cm³/mol. The molecule has 1 aromatic carbocycles. The lowest BCUT2D eigenvalue weighted by atomic mass is 9.53. The quantitative estimate of drug-likeness (QED) is 0.574. The lowest BCUT2D eigenvalue weighted by Crippen LogP contribution is -2.52. The molecule has 0 bridgehead atoms. The highest BCUT2D eigenvalue weighted by Crippen LogP contribution is 2.62. The third-order valence-electron chi connectivity index (χ3n) is 9.70. The molecule has 1 spiro atoms. The number of aliphatic hydroxyl groups is 1. The SMILES string of the molecule is C[C@]12CCC[C@@]3(CO3)[C@H]1C[C@@H]1[C@@H](C2)OC(=O)[C@@H]1CN1CCC(O)(Cc2ccccc2)CC1. The van der Waals surface area contributed by atoms with Crippen LogP contribution in [0.4, 0.5) is 0 Å². The first-order chi connectivity index (χ1) is 15.4. The highest BCUT2D eigenvalue weighted by Gasteiger charge is 2.65. The van der Waals surface area contributed by atoms with E-state index in [1.54, 1.807) is 0 Å². The molecule has 2 saturated carbocycles. The van der Waals surface area contributed by atoms with Gasteiger partial charge < -0.3 is 19.5 Å². The second-order valence-electron chi connectivity index (χ2n) is 11.8. The maximum Gasteiger partial charge on any atom is 0.310 e. The maximum absolute atomic E-state index is 12.9.